The van der Waals surface area contributed by atoms with Crippen LogP contribution in [0.2, 0.25) is 0 Å². The molecule has 3 atom stereocenters. The lowest BCUT2D eigenvalue weighted by molar-refractivity contribution is 0.0730. The summed E-state index contributed by atoms with van der Waals surface area (Å²) in [6, 6.07) is 6.61. The van der Waals surface area contributed by atoms with Gasteiger partial charge in [-0.2, -0.15) is 4.31 Å². The average molecular weight is 364 g/mol. The smallest absolute Gasteiger partial charge is 0.251 e. The highest BCUT2D eigenvalue weighted by atomic mass is 32.2. The van der Waals surface area contributed by atoms with Crippen molar-refractivity contribution in [3.05, 3.63) is 29.8 Å². The number of carbonyl (C=O) groups excluding carboxylic acids is 1. The van der Waals surface area contributed by atoms with Gasteiger partial charge in [-0.25, -0.2) is 8.42 Å². The van der Waals surface area contributed by atoms with Crippen LogP contribution in [0.25, 0.3) is 0 Å². The number of nitrogens with zero attached hydrogens (tertiary/aromatic N) is 1. The van der Waals surface area contributed by atoms with Crippen LogP contribution < -0.4 is 5.32 Å². The number of hydrogen-bond acceptors (Lipinski definition) is 4. The predicted octanol–water partition coefficient (Wildman–Crippen LogP) is 1.63. The Labute approximate surface area is 148 Å². The van der Waals surface area contributed by atoms with E-state index in [0.717, 1.165) is 12.3 Å². The number of rotatable bonds is 4. The number of benzene rings is 1. The number of fused-ring (bicyclic) bond motifs is 2. The number of morpholine rings is 1. The highest BCUT2D eigenvalue weighted by Gasteiger charge is 2.40. The molecule has 4 rings (SSSR count). The molecular weight excluding hydrogens is 340 g/mol. The Morgan fingerprint density at radius 2 is 1.96 bits per heavy atom. The minimum atomic E-state index is -3.58. The molecule has 1 aromatic carbocycles. The molecular formula is C18H24N2O4S. The summed E-state index contributed by atoms with van der Waals surface area (Å²) in [7, 11) is -3.58. The summed E-state index contributed by atoms with van der Waals surface area (Å²) in [5.41, 5.74) is 0.414. The molecule has 2 aliphatic carbocycles. The molecule has 2 bridgehead atoms. The van der Waals surface area contributed by atoms with Crippen molar-refractivity contribution in [2.45, 2.75) is 36.6 Å². The van der Waals surface area contributed by atoms with Gasteiger partial charge >= 0.3 is 0 Å². The van der Waals surface area contributed by atoms with Crippen molar-refractivity contribution in [2.75, 3.05) is 26.3 Å². The largest absolute Gasteiger partial charge is 0.379 e. The summed E-state index contributed by atoms with van der Waals surface area (Å²) in [6.45, 7) is 1.51. The van der Waals surface area contributed by atoms with Crippen LogP contribution in [-0.4, -0.2) is 51.0 Å². The molecule has 0 unspecified atom stereocenters. The van der Waals surface area contributed by atoms with Gasteiger partial charge in [0.05, 0.1) is 18.1 Å². The summed E-state index contributed by atoms with van der Waals surface area (Å²) < 4.78 is 32.1. The molecule has 3 fully saturated rings. The van der Waals surface area contributed by atoms with Crippen LogP contribution in [0.4, 0.5) is 0 Å². The van der Waals surface area contributed by atoms with Crippen LogP contribution in [0.3, 0.4) is 0 Å². The minimum Gasteiger partial charge on any atom is -0.379 e. The lowest BCUT2D eigenvalue weighted by Gasteiger charge is -2.26. The van der Waals surface area contributed by atoms with Crippen molar-refractivity contribution in [3.63, 3.8) is 0 Å². The molecule has 0 aromatic heterocycles. The Balaban J connectivity index is 1.49. The van der Waals surface area contributed by atoms with Crippen LogP contribution in [0, 0.1) is 11.8 Å². The second-order valence-corrected chi connectivity index (χ2v) is 9.24. The number of ether oxygens (including phenoxy) is 1. The first-order chi connectivity index (χ1) is 12.0. The van der Waals surface area contributed by atoms with Gasteiger partial charge in [-0.05, 0) is 49.3 Å². The molecule has 3 aliphatic rings. The van der Waals surface area contributed by atoms with Crippen molar-refractivity contribution in [1.82, 2.24) is 9.62 Å². The van der Waals surface area contributed by atoms with E-state index in [1.807, 2.05) is 0 Å². The fourth-order valence-electron chi connectivity index (χ4n) is 4.41. The maximum atomic E-state index is 12.7. The van der Waals surface area contributed by atoms with Gasteiger partial charge in [-0.15, -0.1) is 0 Å². The van der Waals surface area contributed by atoms with Crippen molar-refractivity contribution in [2.24, 2.45) is 11.8 Å². The normalized spacial score (nSPS) is 29.7. The molecule has 6 nitrogen and oxygen atoms in total. The van der Waals surface area contributed by atoms with Gasteiger partial charge in [0, 0.05) is 24.7 Å². The zero-order valence-corrected chi connectivity index (χ0v) is 15.0. The Bertz CT molecular complexity index is 758. The van der Waals surface area contributed by atoms with Gasteiger partial charge in [-0.3, -0.25) is 4.79 Å². The second kappa shape index (κ2) is 6.70. The van der Waals surface area contributed by atoms with Crippen LogP contribution in [0.1, 0.15) is 36.0 Å². The van der Waals surface area contributed by atoms with Crippen molar-refractivity contribution < 1.29 is 17.9 Å². The Morgan fingerprint density at radius 1 is 1.16 bits per heavy atom. The third-order valence-electron chi connectivity index (χ3n) is 5.76. The summed E-state index contributed by atoms with van der Waals surface area (Å²) in [6.07, 6.45) is 4.75. The summed E-state index contributed by atoms with van der Waals surface area (Å²) in [5.74, 6) is 1.18. The monoisotopic (exact) mass is 364 g/mol. The summed E-state index contributed by atoms with van der Waals surface area (Å²) in [4.78, 5) is 12.8. The minimum absolute atomic E-state index is 0.170. The fourth-order valence-corrected chi connectivity index (χ4v) is 5.86. The molecule has 1 saturated heterocycles. The van der Waals surface area contributed by atoms with Crippen LogP contribution in [0.15, 0.2) is 29.2 Å². The Morgan fingerprint density at radius 3 is 2.64 bits per heavy atom. The van der Waals surface area contributed by atoms with Gasteiger partial charge in [0.2, 0.25) is 10.0 Å². The summed E-state index contributed by atoms with van der Waals surface area (Å²) >= 11 is 0. The molecule has 1 amide bonds. The molecule has 2 saturated carbocycles. The number of sulfonamides is 1. The van der Waals surface area contributed by atoms with Gasteiger partial charge in [0.15, 0.2) is 0 Å². The van der Waals surface area contributed by atoms with E-state index in [4.69, 9.17) is 4.74 Å². The van der Waals surface area contributed by atoms with E-state index in [0.29, 0.717) is 37.8 Å². The summed E-state index contributed by atoms with van der Waals surface area (Å²) in [5, 5.41) is 3.12. The van der Waals surface area contributed by atoms with Gasteiger partial charge in [0.25, 0.3) is 5.91 Å². The Kier molecular flexibility index (Phi) is 4.56. The van der Waals surface area contributed by atoms with E-state index >= 15 is 0 Å². The van der Waals surface area contributed by atoms with E-state index in [1.165, 1.54) is 29.6 Å². The lowest BCUT2D eigenvalue weighted by atomic mass is 9.95. The molecule has 136 valence electrons. The molecule has 1 heterocycles. The first-order valence-electron chi connectivity index (χ1n) is 9.03. The quantitative estimate of drug-likeness (QED) is 0.881. The fraction of sp³-hybridized carbons (Fsp3) is 0.611. The average Bonchev–Trinajstić information content (AvgIpc) is 3.25. The maximum absolute atomic E-state index is 12.7. The molecule has 1 N–H and O–H groups in total. The molecule has 7 heteroatoms. The highest BCUT2D eigenvalue weighted by Crippen LogP contribution is 2.44. The highest BCUT2D eigenvalue weighted by molar-refractivity contribution is 7.89. The zero-order valence-electron chi connectivity index (χ0n) is 14.2. The van der Waals surface area contributed by atoms with E-state index in [-0.39, 0.29) is 16.8 Å². The molecule has 0 spiro atoms. The lowest BCUT2D eigenvalue weighted by Crippen LogP contribution is -2.41. The topological polar surface area (TPSA) is 75.7 Å². The molecule has 0 radical (unpaired) electrons. The number of carbonyl (C=O) groups is 1. The SMILES string of the molecule is O=C(N[C@H]1C[C@H]2CC[C@H]1C2)c1cccc(S(=O)(=O)N2CCOCC2)c1. The number of amides is 1. The van der Waals surface area contributed by atoms with E-state index < -0.39 is 10.0 Å². The van der Waals surface area contributed by atoms with Crippen molar-refractivity contribution in [3.8, 4) is 0 Å². The van der Waals surface area contributed by atoms with E-state index in [9.17, 15) is 13.2 Å². The predicted molar refractivity (Wildman–Crippen MR) is 92.7 cm³/mol. The molecule has 1 aromatic rings. The molecule has 1 aliphatic heterocycles. The van der Waals surface area contributed by atoms with E-state index in [1.54, 1.807) is 18.2 Å². The molecule has 25 heavy (non-hydrogen) atoms. The first kappa shape index (κ1) is 17.0. The van der Waals surface area contributed by atoms with E-state index in [2.05, 4.69) is 5.32 Å². The van der Waals surface area contributed by atoms with Crippen LogP contribution in [0.5, 0.6) is 0 Å². The third kappa shape index (κ3) is 3.32. The van der Waals surface area contributed by atoms with Crippen molar-refractivity contribution >= 4 is 15.9 Å². The van der Waals surface area contributed by atoms with Gasteiger partial charge in [0.1, 0.15) is 0 Å². The Hall–Kier alpha value is -1.44. The van der Waals surface area contributed by atoms with Gasteiger partial charge < -0.3 is 10.1 Å². The van der Waals surface area contributed by atoms with Crippen LogP contribution in [-0.2, 0) is 14.8 Å². The maximum Gasteiger partial charge on any atom is 0.251 e. The third-order valence-corrected chi connectivity index (χ3v) is 7.65. The van der Waals surface area contributed by atoms with Gasteiger partial charge in [-0.1, -0.05) is 12.5 Å². The number of hydrogen-bond donors (Lipinski definition) is 1. The standard InChI is InChI=1S/C18H24N2O4S/c21-18(19-17-11-13-4-5-14(17)10-13)15-2-1-3-16(12-15)25(22,23)20-6-8-24-9-7-20/h1-3,12-14,17H,4-11H2,(H,19,21)/t13-,14-,17-/m0/s1. The first-order valence-corrected chi connectivity index (χ1v) is 10.5. The van der Waals surface area contributed by atoms with Crippen LogP contribution >= 0.6 is 0 Å². The zero-order chi connectivity index (χ0) is 17.4. The second-order valence-electron chi connectivity index (χ2n) is 7.30. The van der Waals surface area contributed by atoms with Crippen molar-refractivity contribution in [1.29, 1.82) is 0 Å². The number of nitrogens with one attached hydrogen (secondary N) is 1.